The van der Waals surface area contributed by atoms with Gasteiger partial charge in [-0.05, 0) is 6.07 Å². The second-order valence-electron chi connectivity index (χ2n) is 3.82. The summed E-state index contributed by atoms with van der Waals surface area (Å²) in [5.74, 6) is 0.221. The standard InChI is InChI=1S/C10H12N6O2/c1-14(2)10(18)5-15-9(17)4-3-8(13-15)16-7-11-6-12-16/h3-4,6-7H,5H2,1-2H3. The molecule has 0 saturated heterocycles. The fraction of sp³-hybridized carbons (Fsp3) is 0.300. The van der Waals surface area contributed by atoms with Crippen molar-refractivity contribution >= 4 is 5.91 Å². The van der Waals surface area contributed by atoms with Gasteiger partial charge in [0.05, 0.1) is 0 Å². The number of nitrogens with zero attached hydrogens (tertiary/aromatic N) is 6. The molecule has 8 heteroatoms. The van der Waals surface area contributed by atoms with Crippen molar-refractivity contribution in [2.45, 2.75) is 6.54 Å². The Balaban J connectivity index is 2.33. The maximum atomic E-state index is 11.6. The van der Waals surface area contributed by atoms with Crippen LogP contribution in [-0.2, 0) is 11.3 Å². The Morgan fingerprint density at radius 3 is 2.78 bits per heavy atom. The van der Waals surface area contributed by atoms with Gasteiger partial charge in [0.2, 0.25) is 5.91 Å². The number of hydrogen-bond acceptors (Lipinski definition) is 5. The lowest BCUT2D eigenvalue weighted by Crippen LogP contribution is -2.33. The van der Waals surface area contributed by atoms with E-state index >= 15 is 0 Å². The SMILES string of the molecule is CN(C)C(=O)Cn1nc(-n2cncn2)ccc1=O. The first-order valence-corrected chi connectivity index (χ1v) is 5.21. The smallest absolute Gasteiger partial charge is 0.267 e. The largest absolute Gasteiger partial charge is 0.347 e. The predicted octanol–water partition coefficient (Wildman–Crippen LogP) is -1.09. The van der Waals surface area contributed by atoms with E-state index < -0.39 is 0 Å². The molecule has 0 N–H and O–H groups in total. The number of rotatable bonds is 3. The summed E-state index contributed by atoms with van der Waals surface area (Å²) in [4.78, 5) is 28.3. The molecule has 0 bridgehead atoms. The van der Waals surface area contributed by atoms with Gasteiger partial charge in [0, 0.05) is 20.2 Å². The van der Waals surface area contributed by atoms with E-state index in [0.29, 0.717) is 5.82 Å². The van der Waals surface area contributed by atoms with Gasteiger partial charge in [-0.3, -0.25) is 9.59 Å². The Morgan fingerprint density at radius 2 is 2.17 bits per heavy atom. The molecule has 18 heavy (non-hydrogen) atoms. The molecule has 0 spiro atoms. The maximum Gasteiger partial charge on any atom is 0.267 e. The quantitative estimate of drug-likeness (QED) is 0.689. The lowest BCUT2D eigenvalue weighted by molar-refractivity contribution is -0.129. The van der Waals surface area contributed by atoms with E-state index in [1.165, 1.54) is 34.4 Å². The molecule has 1 amide bonds. The molecule has 0 aromatic carbocycles. The Bertz CT molecular complexity index is 601. The van der Waals surface area contributed by atoms with Gasteiger partial charge in [0.1, 0.15) is 19.2 Å². The summed E-state index contributed by atoms with van der Waals surface area (Å²) in [7, 11) is 3.24. The minimum absolute atomic E-state index is 0.103. The third-order valence-electron chi connectivity index (χ3n) is 2.29. The lowest BCUT2D eigenvalue weighted by atomic mass is 10.5. The first-order chi connectivity index (χ1) is 8.58. The van der Waals surface area contributed by atoms with E-state index in [-0.39, 0.29) is 18.0 Å². The molecule has 2 aromatic heterocycles. The molecule has 2 rings (SSSR count). The highest BCUT2D eigenvalue weighted by Crippen LogP contribution is 1.97. The van der Waals surface area contributed by atoms with E-state index in [1.807, 2.05) is 0 Å². The van der Waals surface area contributed by atoms with E-state index in [2.05, 4.69) is 15.2 Å². The molecular formula is C10H12N6O2. The summed E-state index contributed by atoms with van der Waals surface area (Å²) in [6, 6.07) is 2.86. The Kier molecular flexibility index (Phi) is 3.18. The molecular weight excluding hydrogens is 236 g/mol. The Labute approximate surface area is 102 Å². The first kappa shape index (κ1) is 12.0. The van der Waals surface area contributed by atoms with Gasteiger partial charge in [-0.15, -0.1) is 5.10 Å². The van der Waals surface area contributed by atoms with E-state index in [1.54, 1.807) is 14.1 Å². The van der Waals surface area contributed by atoms with E-state index in [4.69, 9.17) is 0 Å². The van der Waals surface area contributed by atoms with Crippen LogP contribution in [0, 0.1) is 0 Å². The van der Waals surface area contributed by atoms with Crippen LogP contribution in [0.3, 0.4) is 0 Å². The van der Waals surface area contributed by atoms with E-state index in [0.717, 1.165) is 4.68 Å². The number of hydrogen-bond donors (Lipinski definition) is 0. The maximum absolute atomic E-state index is 11.6. The third kappa shape index (κ3) is 2.42. The van der Waals surface area contributed by atoms with Gasteiger partial charge in [-0.25, -0.2) is 14.3 Å². The molecule has 0 saturated carbocycles. The van der Waals surface area contributed by atoms with Crippen molar-refractivity contribution in [1.29, 1.82) is 0 Å². The van der Waals surface area contributed by atoms with Crippen molar-refractivity contribution in [2.24, 2.45) is 0 Å². The lowest BCUT2D eigenvalue weighted by Gasteiger charge is -2.11. The average molecular weight is 248 g/mol. The number of likely N-dealkylation sites (N-methyl/N-ethyl adjacent to an activating group) is 1. The fourth-order valence-electron chi connectivity index (χ4n) is 1.27. The zero-order valence-electron chi connectivity index (χ0n) is 10.0. The Morgan fingerprint density at radius 1 is 1.39 bits per heavy atom. The summed E-state index contributed by atoms with van der Waals surface area (Å²) in [6.07, 6.45) is 2.83. The molecule has 2 aromatic rings. The van der Waals surface area contributed by atoms with Gasteiger partial charge in [-0.1, -0.05) is 0 Å². The highest BCUT2D eigenvalue weighted by atomic mass is 16.2. The molecule has 0 unspecified atom stereocenters. The third-order valence-corrected chi connectivity index (χ3v) is 2.29. The molecule has 0 aliphatic rings. The van der Waals surface area contributed by atoms with Crippen LogP contribution in [0.5, 0.6) is 0 Å². The summed E-state index contributed by atoms with van der Waals surface area (Å²) in [5.41, 5.74) is -0.339. The molecule has 0 atom stereocenters. The summed E-state index contributed by atoms with van der Waals surface area (Å²) >= 11 is 0. The van der Waals surface area contributed by atoms with Gasteiger partial charge >= 0.3 is 0 Å². The molecule has 8 nitrogen and oxygen atoms in total. The summed E-state index contributed by atoms with van der Waals surface area (Å²) < 4.78 is 2.51. The van der Waals surface area contributed by atoms with Gasteiger partial charge in [0.15, 0.2) is 5.82 Å². The van der Waals surface area contributed by atoms with Crippen LogP contribution in [0.4, 0.5) is 0 Å². The molecule has 0 aliphatic heterocycles. The van der Waals surface area contributed by atoms with Crippen molar-refractivity contribution in [3.05, 3.63) is 35.1 Å². The second-order valence-corrected chi connectivity index (χ2v) is 3.82. The number of carbonyl (C=O) groups excluding carboxylic acids is 1. The van der Waals surface area contributed by atoms with Crippen LogP contribution in [0.15, 0.2) is 29.6 Å². The van der Waals surface area contributed by atoms with Gasteiger partial charge < -0.3 is 4.90 Å². The summed E-state index contributed by atoms with van der Waals surface area (Å²) in [6.45, 7) is -0.103. The van der Waals surface area contributed by atoms with Crippen LogP contribution < -0.4 is 5.56 Å². The van der Waals surface area contributed by atoms with Crippen molar-refractivity contribution in [1.82, 2.24) is 29.4 Å². The van der Waals surface area contributed by atoms with Crippen LogP contribution in [-0.4, -0.2) is 49.4 Å². The van der Waals surface area contributed by atoms with Crippen LogP contribution in [0.1, 0.15) is 0 Å². The molecule has 2 heterocycles. The molecule has 0 fully saturated rings. The minimum atomic E-state index is -0.339. The fourth-order valence-corrected chi connectivity index (χ4v) is 1.27. The minimum Gasteiger partial charge on any atom is -0.347 e. The van der Waals surface area contributed by atoms with Gasteiger partial charge in [0.25, 0.3) is 5.56 Å². The van der Waals surface area contributed by atoms with Crippen molar-refractivity contribution in [3.8, 4) is 5.82 Å². The van der Waals surface area contributed by atoms with Crippen molar-refractivity contribution < 1.29 is 4.79 Å². The number of aromatic nitrogens is 5. The molecule has 0 radical (unpaired) electrons. The normalized spacial score (nSPS) is 10.3. The topological polar surface area (TPSA) is 85.9 Å². The monoisotopic (exact) mass is 248 g/mol. The van der Waals surface area contributed by atoms with Crippen LogP contribution in [0.2, 0.25) is 0 Å². The number of amides is 1. The van der Waals surface area contributed by atoms with Gasteiger partial charge in [-0.2, -0.15) is 5.10 Å². The number of carbonyl (C=O) groups is 1. The molecule has 0 aliphatic carbocycles. The zero-order chi connectivity index (χ0) is 13.1. The first-order valence-electron chi connectivity index (χ1n) is 5.21. The highest BCUT2D eigenvalue weighted by molar-refractivity contribution is 5.75. The average Bonchev–Trinajstić information content (AvgIpc) is 2.85. The second kappa shape index (κ2) is 4.78. The molecule has 94 valence electrons. The van der Waals surface area contributed by atoms with Crippen LogP contribution in [0.25, 0.3) is 5.82 Å². The Hall–Kier alpha value is -2.51. The highest BCUT2D eigenvalue weighted by Gasteiger charge is 2.09. The summed E-state index contributed by atoms with van der Waals surface area (Å²) in [5, 5.41) is 7.96. The van der Waals surface area contributed by atoms with Crippen LogP contribution >= 0.6 is 0 Å². The van der Waals surface area contributed by atoms with Crippen molar-refractivity contribution in [2.75, 3.05) is 14.1 Å². The zero-order valence-corrected chi connectivity index (χ0v) is 10.0. The predicted molar refractivity (Wildman–Crippen MR) is 62.1 cm³/mol. The van der Waals surface area contributed by atoms with E-state index in [9.17, 15) is 9.59 Å². The van der Waals surface area contributed by atoms with Crippen molar-refractivity contribution in [3.63, 3.8) is 0 Å².